The molecule has 0 aliphatic rings. The molecule has 6 heteroatoms. The fourth-order valence-electron chi connectivity index (χ4n) is 2.02. The summed E-state index contributed by atoms with van der Waals surface area (Å²) < 4.78 is 0. The molecule has 0 aliphatic carbocycles. The number of rotatable bonds is 5. The maximum atomic E-state index is 12.2. The molecular formula is C19H18ClN3O2. The van der Waals surface area contributed by atoms with Crippen molar-refractivity contribution in [3.8, 4) is 12.3 Å². The molecule has 1 aromatic heterocycles. The average Bonchev–Trinajstić information content (AvgIpc) is 2.59. The minimum absolute atomic E-state index is 0.248. The van der Waals surface area contributed by atoms with Gasteiger partial charge < -0.3 is 10.6 Å². The van der Waals surface area contributed by atoms with Crippen molar-refractivity contribution in [2.24, 2.45) is 5.92 Å². The van der Waals surface area contributed by atoms with E-state index in [1.807, 2.05) is 13.8 Å². The molecule has 0 saturated heterocycles. The van der Waals surface area contributed by atoms with Crippen molar-refractivity contribution in [1.29, 1.82) is 0 Å². The number of terminal acetylenes is 1. The lowest BCUT2D eigenvalue weighted by atomic mass is 10.1. The van der Waals surface area contributed by atoms with Crippen molar-refractivity contribution in [3.63, 3.8) is 0 Å². The molecule has 0 unspecified atom stereocenters. The van der Waals surface area contributed by atoms with Crippen molar-refractivity contribution in [3.05, 3.63) is 58.4 Å². The first-order chi connectivity index (χ1) is 11.9. The molecule has 0 saturated carbocycles. The van der Waals surface area contributed by atoms with E-state index in [-0.39, 0.29) is 16.8 Å². The number of benzene rings is 1. The molecule has 2 N–H and O–H groups in total. The highest BCUT2D eigenvalue weighted by Crippen LogP contribution is 2.21. The molecule has 25 heavy (non-hydrogen) atoms. The van der Waals surface area contributed by atoms with Crippen LogP contribution in [0.2, 0.25) is 5.02 Å². The van der Waals surface area contributed by atoms with Gasteiger partial charge in [0.25, 0.3) is 11.8 Å². The number of aromatic nitrogens is 1. The lowest BCUT2D eigenvalue weighted by Gasteiger charge is -2.11. The number of pyridine rings is 1. The number of carbonyl (C=O) groups excluding carboxylic acids is 2. The Morgan fingerprint density at radius 1 is 1.24 bits per heavy atom. The van der Waals surface area contributed by atoms with Crippen molar-refractivity contribution in [2.45, 2.75) is 13.8 Å². The monoisotopic (exact) mass is 355 g/mol. The van der Waals surface area contributed by atoms with Crippen LogP contribution < -0.4 is 10.6 Å². The Morgan fingerprint density at radius 3 is 2.64 bits per heavy atom. The standard InChI is InChI=1S/C19H18ClN3O2/c1-4-13-7-14(11-21-10-13)18(24)23-15-5-6-16(17(20)8-15)19(25)22-9-12(2)3/h1,5-8,10-12H,9H2,2-3H3,(H,22,25)(H,23,24). The van der Waals surface area contributed by atoms with E-state index in [2.05, 4.69) is 21.5 Å². The molecule has 2 amide bonds. The summed E-state index contributed by atoms with van der Waals surface area (Å²) in [7, 11) is 0. The van der Waals surface area contributed by atoms with Gasteiger partial charge in [-0.15, -0.1) is 6.42 Å². The minimum atomic E-state index is -0.363. The van der Waals surface area contributed by atoms with Crippen LogP contribution in [0.1, 0.15) is 40.1 Å². The summed E-state index contributed by atoms with van der Waals surface area (Å²) in [5, 5.41) is 5.76. The van der Waals surface area contributed by atoms with Crippen LogP contribution in [-0.4, -0.2) is 23.3 Å². The Bertz CT molecular complexity index is 841. The van der Waals surface area contributed by atoms with Gasteiger partial charge in [-0.05, 0) is 30.2 Å². The fraction of sp³-hybridized carbons (Fsp3) is 0.211. The third kappa shape index (κ3) is 5.07. The van der Waals surface area contributed by atoms with Gasteiger partial charge in [0, 0.05) is 30.2 Å². The van der Waals surface area contributed by atoms with E-state index < -0.39 is 0 Å². The van der Waals surface area contributed by atoms with Crippen molar-refractivity contribution < 1.29 is 9.59 Å². The lowest BCUT2D eigenvalue weighted by molar-refractivity contribution is 0.0948. The third-order valence-electron chi connectivity index (χ3n) is 3.31. The van der Waals surface area contributed by atoms with Gasteiger partial charge in [0.05, 0.1) is 16.1 Å². The average molecular weight is 356 g/mol. The molecule has 0 spiro atoms. The first-order valence-electron chi connectivity index (χ1n) is 7.71. The zero-order valence-corrected chi connectivity index (χ0v) is 14.7. The molecule has 2 rings (SSSR count). The van der Waals surface area contributed by atoms with E-state index in [9.17, 15) is 9.59 Å². The number of hydrogen-bond acceptors (Lipinski definition) is 3. The maximum absolute atomic E-state index is 12.2. The lowest BCUT2D eigenvalue weighted by Crippen LogP contribution is -2.27. The van der Waals surface area contributed by atoms with Crippen LogP contribution in [0.15, 0.2) is 36.7 Å². The van der Waals surface area contributed by atoms with E-state index in [0.29, 0.717) is 34.8 Å². The summed E-state index contributed by atoms with van der Waals surface area (Å²) >= 11 is 6.17. The van der Waals surface area contributed by atoms with Gasteiger partial charge in [0.1, 0.15) is 0 Å². The summed E-state index contributed by atoms with van der Waals surface area (Å²) in [5.41, 5.74) is 1.69. The van der Waals surface area contributed by atoms with Gasteiger partial charge in [0.2, 0.25) is 0 Å². The highest BCUT2D eigenvalue weighted by atomic mass is 35.5. The molecule has 128 valence electrons. The normalized spacial score (nSPS) is 10.2. The third-order valence-corrected chi connectivity index (χ3v) is 3.62. The van der Waals surface area contributed by atoms with Crippen molar-refractivity contribution in [1.82, 2.24) is 10.3 Å². The highest BCUT2D eigenvalue weighted by Gasteiger charge is 2.13. The second-order valence-corrected chi connectivity index (χ2v) is 6.27. The van der Waals surface area contributed by atoms with Crippen LogP contribution in [0.3, 0.4) is 0 Å². The van der Waals surface area contributed by atoms with Crippen LogP contribution in [0.5, 0.6) is 0 Å². The number of carbonyl (C=O) groups is 2. The largest absolute Gasteiger partial charge is 0.352 e. The SMILES string of the molecule is C#Cc1cncc(C(=O)Nc2ccc(C(=O)NCC(C)C)c(Cl)c2)c1. The Hall–Kier alpha value is -2.84. The van der Waals surface area contributed by atoms with Gasteiger partial charge in [0.15, 0.2) is 0 Å². The maximum Gasteiger partial charge on any atom is 0.257 e. The van der Waals surface area contributed by atoms with E-state index in [4.69, 9.17) is 18.0 Å². The van der Waals surface area contributed by atoms with Crippen LogP contribution in [0.4, 0.5) is 5.69 Å². The molecule has 0 radical (unpaired) electrons. The predicted molar refractivity (Wildman–Crippen MR) is 98.7 cm³/mol. The number of nitrogens with zero attached hydrogens (tertiary/aromatic N) is 1. The fourth-order valence-corrected chi connectivity index (χ4v) is 2.28. The van der Waals surface area contributed by atoms with E-state index in [1.54, 1.807) is 18.2 Å². The van der Waals surface area contributed by atoms with Crippen LogP contribution in [0.25, 0.3) is 0 Å². The Labute approximate surface area is 151 Å². The summed E-state index contributed by atoms with van der Waals surface area (Å²) in [6.45, 7) is 4.57. The minimum Gasteiger partial charge on any atom is -0.352 e. The van der Waals surface area contributed by atoms with E-state index >= 15 is 0 Å². The van der Waals surface area contributed by atoms with Gasteiger partial charge in [-0.1, -0.05) is 31.4 Å². The van der Waals surface area contributed by atoms with Crippen LogP contribution in [-0.2, 0) is 0 Å². The topological polar surface area (TPSA) is 71.1 Å². The first-order valence-corrected chi connectivity index (χ1v) is 8.09. The van der Waals surface area contributed by atoms with Crippen LogP contribution >= 0.6 is 11.6 Å². The smallest absolute Gasteiger partial charge is 0.257 e. The summed E-state index contributed by atoms with van der Waals surface area (Å²) in [4.78, 5) is 28.3. The zero-order valence-electron chi connectivity index (χ0n) is 14.0. The van der Waals surface area contributed by atoms with Gasteiger partial charge in [-0.2, -0.15) is 0 Å². The first kappa shape index (κ1) is 18.5. The summed E-state index contributed by atoms with van der Waals surface area (Å²) in [6, 6.07) is 6.29. The zero-order chi connectivity index (χ0) is 18.4. The molecule has 0 aliphatic heterocycles. The van der Waals surface area contributed by atoms with E-state index in [0.717, 1.165) is 0 Å². The number of amides is 2. The van der Waals surface area contributed by atoms with Gasteiger partial charge >= 0.3 is 0 Å². The Kier molecular flexibility index (Phi) is 6.15. The molecule has 0 bridgehead atoms. The number of nitrogens with one attached hydrogen (secondary N) is 2. The summed E-state index contributed by atoms with van der Waals surface area (Å²) in [5.74, 6) is 2.16. The van der Waals surface area contributed by atoms with E-state index in [1.165, 1.54) is 18.5 Å². The second-order valence-electron chi connectivity index (χ2n) is 5.86. The van der Waals surface area contributed by atoms with Crippen molar-refractivity contribution in [2.75, 3.05) is 11.9 Å². The summed E-state index contributed by atoms with van der Waals surface area (Å²) in [6.07, 6.45) is 8.22. The second kappa shape index (κ2) is 8.32. The molecule has 0 atom stereocenters. The van der Waals surface area contributed by atoms with Gasteiger partial charge in [-0.3, -0.25) is 14.6 Å². The highest BCUT2D eigenvalue weighted by molar-refractivity contribution is 6.34. The van der Waals surface area contributed by atoms with Crippen LogP contribution in [0, 0.1) is 18.3 Å². The number of hydrogen-bond donors (Lipinski definition) is 2. The number of halogens is 1. The molecule has 1 aromatic carbocycles. The molecule has 5 nitrogen and oxygen atoms in total. The molecule has 2 aromatic rings. The van der Waals surface area contributed by atoms with Gasteiger partial charge in [-0.25, -0.2) is 0 Å². The molecular weight excluding hydrogens is 338 g/mol. The molecule has 1 heterocycles. The molecule has 0 fully saturated rings. The Balaban J connectivity index is 2.11. The number of anilines is 1. The Morgan fingerprint density at radius 2 is 2.00 bits per heavy atom. The quantitative estimate of drug-likeness (QED) is 0.808. The predicted octanol–water partition coefficient (Wildman–Crippen LogP) is 3.35. The van der Waals surface area contributed by atoms with Crippen molar-refractivity contribution >= 4 is 29.1 Å².